The molecular formula is C33H63O13P. The van der Waals surface area contributed by atoms with Gasteiger partial charge in [-0.2, -0.15) is 0 Å². The molecule has 0 spiro atoms. The third kappa shape index (κ3) is 20.2. The van der Waals surface area contributed by atoms with Crippen molar-refractivity contribution in [3.8, 4) is 0 Å². The second-order valence-electron chi connectivity index (χ2n) is 12.8. The molecule has 1 saturated carbocycles. The molecule has 1 rings (SSSR count). The monoisotopic (exact) mass is 698 g/mol. The lowest BCUT2D eigenvalue weighted by Gasteiger charge is -2.41. The summed E-state index contributed by atoms with van der Waals surface area (Å²) in [5.74, 6) is -1.28. The van der Waals surface area contributed by atoms with E-state index in [-0.39, 0.29) is 6.42 Å². The molecule has 14 heteroatoms. The molecule has 13 nitrogen and oxygen atoms in total. The van der Waals surface area contributed by atoms with Gasteiger partial charge in [0.05, 0.1) is 6.61 Å². The molecule has 0 aromatic carbocycles. The predicted octanol–water partition coefficient (Wildman–Crippen LogP) is 4.60. The van der Waals surface area contributed by atoms with E-state index in [1.807, 2.05) is 0 Å². The first-order valence-corrected chi connectivity index (χ1v) is 19.3. The van der Waals surface area contributed by atoms with E-state index in [0.29, 0.717) is 6.42 Å². The molecule has 1 aliphatic rings. The molecule has 0 bridgehead atoms. The predicted molar refractivity (Wildman–Crippen MR) is 175 cm³/mol. The standard InChI is InChI=1S/C33H63O13P/c1-3-4-5-6-7-8-9-10-11-12-13-14-15-16-17-18-19-20-21-22-27(35)43-23-26(45-25(2)34)24-44-47(41,42)46-33-31(39)29(37)28(36)30(38)32(33)40/h26,28-33,36-40H,3-24H2,1-2H3,(H,41,42)/t26-,28?,29-,30?,31?,32?,33?/m1/s1. The van der Waals surface area contributed by atoms with Gasteiger partial charge in [0, 0.05) is 13.3 Å². The third-order valence-electron chi connectivity index (χ3n) is 8.50. The largest absolute Gasteiger partial charge is 0.472 e. The van der Waals surface area contributed by atoms with E-state index < -0.39 is 75.7 Å². The summed E-state index contributed by atoms with van der Waals surface area (Å²) in [5.41, 5.74) is 0. The molecule has 0 aromatic heterocycles. The van der Waals surface area contributed by atoms with Gasteiger partial charge >= 0.3 is 19.8 Å². The summed E-state index contributed by atoms with van der Waals surface area (Å²) < 4.78 is 32.1. The van der Waals surface area contributed by atoms with Crippen LogP contribution in [0.25, 0.3) is 0 Å². The van der Waals surface area contributed by atoms with Crippen LogP contribution in [0.4, 0.5) is 0 Å². The Bertz CT molecular complexity index is 859. The van der Waals surface area contributed by atoms with Crippen molar-refractivity contribution in [1.29, 1.82) is 0 Å². The maximum absolute atomic E-state index is 12.4. The van der Waals surface area contributed by atoms with Gasteiger partial charge in [0.25, 0.3) is 0 Å². The van der Waals surface area contributed by atoms with Crippen molar-refractivity contribution < 1.29 is 63.1 Å². The molecule has 278 valence electrons. The molecule has 0 aromatic rings. The average molecular weight is 699 g/mol. The highest BCUT2D eigenvalue weighted by Gasteiger charge is 2.51. The van der Waals surface area contributed by atoms with E-state index >= 15 is 0 Å². The summed E-state index contributed by atoms with van der Waals surface area (Å²) in [4.78, 5) is 33.7. The Kier molecular flexibility index (Phi) is 24.1. The van der Waals surface area contributed by atoms with Crippen LogP contribution in [-0.4, -0.2) is 98.3 Å². The van der Waals surface area contributed by atoms with Gasteiger partial charge < -0.3 is 39.9 Å². The van der Waals surface area contributed by atoms with E-state index in [0.717, 1.165) is 26.2 Å². The van der Waals surface area contributed by atoms with Gasteiger partial charge in [0.1, 0.15) is 43.2 Å². The number of carbonyl (C=O) groups is 2. The number of phosphoric acid groups is 1. The first kappa shape index (κ1) is 43.9. The van der Waals surface area contributed by atoms with E-state index in [1.165, 1.54) is 96.3 Å². The van der Waals surface area contributed by atoms with Crippen LogP contribution in [0.5, 0.6) is 0 Å². The molecule has 1 aliphatic carbocycles. The lowest BCUT2D eigenvalue weighted by Crippen LogP contribution is -2.64. The first-order valence-electron chi connectivity index (χ1n) is 17.8. The fourth-order valence-electron chi connectivity index (χ4n) is 5.64. The molecule has 6 unspecified atom stereocenters. The molecule has 8 atom stereocenters. The number of ether oxygens (including phenoxy) is 2. The topological polar surface area (TPSA) is 210 Å². The van der Waals surface area contributed by atoms with Crippen LogP contribution in [0, 0.1) is 0 Å². The Balaban J connectivity index is 2.14. The fraction of sp³-hybridized carbons (Fsp3) is 0.939. The van der Waals surface area contributed by atoms with E-state index in [4.69, 9.17) is 18.5 Å². The minimum atomic E-state index is -5.06. The fourth-order valence-corrected chi connectivity index (χ4v) is 6.61. The maximum atomic E-state index is 12.4. The lowest BCUT2D eigenvalue weighted by molar-refractivity contribution is -0.220. The molecule has 0 saturated heterocycles. The molecule has 0 radical (unpaired) electrons. The van der Waals surface area contributed by atoms with E-state index in [2.05, 4.69) is 6.92 Å². The van der Waals surface area contributed by atoms with Crippen LogP contribution in [0.15, 0.2) is 0 Å². The quantitative estimate of drug-likeness (QED) is 0.0375. The number of esters is 2. The Morgan fingerprint density at radius 1 is 0.617 bits per heavy atom. The number of rotatable bonds is 28. The van der Waals surface area contributed by atoms with Gasteiger partial charge in [-0.05, 0) is 6.42 Å². The average Bonchev–Trinajstić information content (AvgIpc) is 3.03. The minimum Gasteiger partial charge on any atom is -0.462 e. The zero-order chi connectivity index (χ0) is 35.1. The summed E-state index contributed by atoms with van der Waals surface area (Å²) in [7, 11) is -5.06. The number of aliphatic hydroxyl groups excluding tert-OH is 5. The maximum Gasteiger partial charge on any atom is 0.472 e. The number of phosphoric ester groups is 1. The van der Waals surface area contributed by atoms with Crippen molar-refractivity contribution >= 4 is 19.8 Å². The third-order valence-corrected chi connectivity index (χ3v) is 9.48. The molecular weight excluding hydrogens is 635 g/mol. The van der Waals surface area contributed by atoms with Crippen LogP contribution < -0.4 is 0 Å². The smallest absolute Gasteiger partial charge is 0.462 e. The summed E-state index contributed by atoms with van der Waals surface area (Å²) in [6.07, 6.45) is 10.7. The highest BCUT2D eigenvalue weighted by atomic mass is 31.2. The summed E-state index contributed by atoms with van der Waals surface area (Å²) >= 11 is 0. The number of aliphatic hydroxyl groups is 5. The van der Waals surface area contributed by atoms with Crippen LogP contribution in [0.1, 0.15) is 142 Å². The summed E-state index contributed by atoms with van der Waals surface area (Å²) in [6, 6.07) is 0. The Morgan fingerprint density at radius 3 is 1.40 bits per heavy atom. The Morgan fingerprint density at radius 2 is 1.00 bits per heavy atom. The highest BCUT2D eigenvalue weighted by molar-refractivity contribution is 7.47. The van der Waals surface area contributed by atoms with Crippen LogP contribution in [-0.2, 0) is 32.7 Å². The molecule has 47 heavy (non-hydrogen) atoms. The van der Waals surface area contributed by atoms with Crippen LogP contribution in [0.3, 0.4) is 0 Å². The van der Waals surface area contributed by atoms with Crippen molar-refractivity contribution in [2.24, 2.45) is 0 Å². The minimum absolute atomic E-state index is 0.169. The molecule has 0 heterocycles. The van der Waals surface area contributed by atoms with Gasteiger partial charge in [-0.1, -0.05) is 122 Å². The second-order valence-corrected chi connectivity index (χ2v) is 14.2. The zero-order valence-electron chi connectivity index (χ0n) is 28.6. The van der Waals surface area contributed by atoms with Crippen molar-refractivity contribution in [2.75, 3.05) is 13.2 Å². The SMILES string of the molecule is CCCCCCCCCCCCCCCCCCCCCC(=O)OC[C@H](COP(=O)(O)OC1C(O)C(O)C(O)[C@@H](O)C1O)OC(C)=O. The van der Waals surface area contributed by atoms with E-state index in [1.54, 1.807) is 0 Å². The number of unbranched alkanes of at least 4 members (excludes halogenated alkanes) is 18. The van der Waals surface area contributed by atoms with Crippen LogP contribution in [0.2, 0.25) is 0 Å². The number of hydrogen-bond acceptors (Lipinski definition) is 12. The first-order chi connectivity index (χ1) is 22.4. The molecule has 6 N–H and O–H groups in total. The number of carbonyl (C=O) groups excluding carboxylic acids is 2. The van der Waals surface area contributed by atoms with Gasteiger partial charge in [-0.25, -0.2) is 4.57 Å². The zero-order valence-corrected chi connectivity index (χ0v) is 29.5. The van der Waals surface area contributed by atoms with Crippen molar-refractivity contribution in [2.45, 2.75) is 185 Å². The van der Waals surface area contributed by atoms with Gasteiger partial charge in [-0.15, -0.1) is 0 Å². The van der Waals surface area contributed by atoms with E-state index in [9.17, 15) is 44.6 Å². The van der Waals surface area contributed by atoms with Gasteiger partial charge in [0.15, 0.2) is 6.10 Å². The Labute approximate surface area is 281 Å². The molecule has 1 fully saturated rings. The van der Waals surface area contributed by atoms with Crippen molar-refractivity contribution in [1.82, 2.24) is 0 Å². The van der Waals surface area contributed by atoms with Gasteiger partial charge in [0.2, 0.25) is 0 Å². The Hall–Kier alpha value is -1.15. The van der Waals surface area contributed by atoms with Crippen LogP contribution >= 0.6 is 7.82 Å². The van der Waals surface area contributed by atoms with Gasteiger partial charge in [-0.3, -0.25) is 18.6 Å². The second kappa shape index (κ2) is 25.8. The van der Waals surface area contributed by atoms with Crippen molar-refractivity contribution in [3.05, 3.63) is 0 Å². The summed E-state index contributed by atoms with van der Waals surface area (Å²) in [6.45, 7) is 2.15. The van der Waals surface area contributed by atoms with Crippen molar-refractivity contribution in [3.63, 3.8) is 0 Å². The summed E-state index contributed by atoms with van der Waals surface area (Å²) in [5, 5.41) is 49.2. The normalized spacial score (nSPS) is 24.9. The lowest BCUT2D eigenvalue weighted by atomic mass is 9.85. The number of hydrogen-bond donors (Lipinski definition) is 6. The highest BCUT2D eigenvalue weighted by Crippen LogP contribution is 2.47. The molecule has 0 aliphatic heterocycles. The molecule has 0 amide bonds.